The number of amides is 1. The van der Waals surface area contributed by atoms with Gasteiger partial charge in [0.25, 0.3) is 5.92 Å². The quantitative estimate of drug-likeness (QED) is 0.792. The van der Waals surface area contributed by atoms with Crippen molar-refractivity contribution in [3.8, 4) is 0 Å². The molecule has 124 valence electrons. The van der Waals surface area contributed by atoms with Crippen LogP contribution in [-0.2, 0) is 14.3 Å². The van der Waals surface area contributed by atoms with Gasteiger partial charge in [-0.25, -0.2) is 13.6 Å². The largest absolute Gasteiger partial charge is 0.460 e. The number of rotatable bonds is 5. The Kier molecular flexibility index (Phi) is 6.57. The second kappa shape index (κ2) is 7.04. The highest BCUT2D eigenvalue weighted by atomic mass is 19.3. The lowest BCUT2D eigenvalue weighted by Gasteiger charge is -2.22. The van der Waals surface area contributed by atoms with Crippen LogP contribution in [0.3, 0.4) is 0 Å². The Morgan fingerprint density at radius 3 is 1.86 bits per heavy atom. The number of carbonyl (C=O) groups excluding carboxylic acids is 2. The van der Waals surface area contributed by atoms with Gasteiger partial charge in [0.15, 0.2) is 0 Å². The van der Waals surface area contributed by atoms with Crippen LogP contribution in [0.2, 0.25) is 0 Å². The van der Waals surface area contributed by atoms with Gasteiger partial charge in [-0.3, -0.25) is 4.79 Å². The number of alkyl halides is 2. The highest BCUT2D eigenvalue weighted by molar-refractivity contribution is 5.70. The number of hydrogen-bond donors (Lipinski definition) is 1. The van der Waals surface area contributed by atoms with Crippen LogP contribution in [0.5, 0.6) is 0 Å². The zero-order chi connectivity index (χ0) is 16.9. The summed E-state index contributed by atoms with van der Waals surface area (Å²) in [6, 6.07) is 0. The van der Waals surface area contributed by atoms with Gasteiger partial charge >= 0.3 is 12.1 Å². The summed E-state index contributed by atoms with van der Waals surface area (Å²) in [5.41, 5.74) is -1.46. The third kappa shape index (κ3) is 12.1. The van der Waals surface area contributed by atoms with Gasteiger partial charge in [0.05, 0.1) is 13.0 Å². The van der Waals surface area contributed by atoms with Crippen molar-refractivity contribution in [1.82, 2.24) is 5.32 Å². The molecule has 0 heterocycles. The zero-order valence-corrected chi connectivity index (χ0v) is 13.5. The Morgan fingerprint density at radius 1 is 0.952 bits per heavy atom. The van der Waals surface area contributed by atoms with Gasteiger partial charge in [-0.05, 0) is 41.5 Å². The summed E-state index contributed by atoms with van der Waals surface area (Å²) in [7, 11) is 0. The molecule has 0 aromatic carbocycles. The molecule has 0 rings (SSSR count). The maximum absolute atomic E-state index is 13.5. The lowest BCUT2D eigenvalue weighted by atomic mass is 10.1. The zero-order valence-electron chi connectivity index (χ0n) is 13.5. The van der Waals surface area contributed by atoms with E-state index in [1.807, 2.05) is 5.32 Å². The molecule has 0 bridgehead atoms. The number of hydrogen-bond acceptors (Lipinski definition) is 4. The first-order valence-electron chi connectivity index (χ1n) is 6.77. The second-order valence-electron chi connectivity index (χ2n) is 6.80. The first-order valence-corrected chi connectivity index (χ1v) is 6.77. The molecule has 0 saturated carbocycles. The van der Waals surface area contributed by atoms with Gasteiger partial charge in [0, 0.05) is 6.42 Å². The van der Waals surface area contributed by atoms with Gasteiger partial charge in [-0.2, -0.15) is 0 Å². The Morgan fingerprint density at radius 2 is 1.43 bits per heavy atom. The molecule has 0 radical (unpaired) electrons. The molecule has 21 heavy (non-hydrogen) atoms. The fraction of sp³-hybridized carbons (Fsp3) is 0.857. The minimum absolute atomic E-state index is 0.416. The van der Waals surface area contributed by atoms with E-state index in [9.17, 15) is 18.4 Å². The first-order chi connectivity index (χ1) is 9.20. The van der Waals surface area contributed by atoms with E-state index in [0.29, 0.717) is 0 Å². The normalized spacial score (nSPS) is 12.8. The monoisotopic (exact) mass is 309 g/mol. The molecule has 0 saturated heterocycles. The fourth-order valence-corrected chi connectivity index (χ4v) is 1.28. The van der Waals surface area contributed by atoms with Gasteiger partial charge in [0.2, 0.25) is 0 Å². The van der Waals surface area contributed by atoms with Crippen molar-refractivity contribution in [3.63, 3.8) is 0 Å². The molecular formula is C14H25F2NO4. The molecule has 0 spiro atoms. The van der Waals surface area contributed by atoms with Gasteiger partial charge in [-0.1, -0.05) is 0 Å². The Hall–Kier alpha value is -1.40. The summed E-state index contributed by atoms with van der Waals surface area (Å²) in [6.45, 7) is 8.99. The molecule has 0 aliphatic carbocycles. The Bertz CT molecular complexity index is 336. The SMILES string of the molecule is CC(C)(C)OC(=O)CCC(F)(F)CNC(=O)OC(C)(C)C. The molecule has 0 aliphatic rings. The maximum Gasteiger partial charge on any atom is 0.407 e. The number of esters is 1. The summed E-state index contributed by atoms with van der Waals surface area (Å²) in [6.07, 6.45) is -2.03. The van der Waals surface area contributed by atoms with E-state index in [1.165, 1.54) is 0 Å². The van der Waals surface area contributed by atoms with Crippen molar-refractivity contribution >= 4 is 12.1 Å². The van der Waals surface area contributed by atoms with E-state index in [0.717, 1.165) is 0 Å². The lowest BCUT2D eigenvalue weighted by molar-refractivity contribution is -0.156. The van der Waals surface area contributed by atoms with Crippen LogP contribution < -0.4 is 5.32 Å². The number of carbonyl (C=O) groups is 2. The van der Waals surface area contributed by atoms with Crippen LogP contribution in [0.4, 0.5) is 13.6 Å². The molecule has 7 heteroatoms. The number of halogens is 2. The molecule has 0 fully saturated rings. The third-order valence-corrected chi connectivity index (χ3v) is 2.01. The van der Waals surface area contributed by atoms with Crippen molar-refractivity contribution in [2.75, 3.05) is 6.54 Å². The number of nitrogens with one attached hydrogen (secondary N) is 1. The van der Waals surface area contributed by atoms with Crippen molar-refractivity contribution in [2.24, 2.45) is 0 Å². The van der Waals surface area contributed by atoms with Crippen LogP contribution in [0.25, 0.3) is 0 Å². The van der Waals surface area contributed by atoms with Gasteiger partial charge in [-0.15, -0.1) is 0 Å². The van der Waals surface area contributed by atoms with Crippen molar-refractivity contribution < 1.29 is 27.8 Å². The number of ether oxygens (including phenoxy) is 2. The highest BCUT2D eigenvalue weighted by Crippen LogP contribution is 2.21. The molecule has 1 amide bonds. The summed E-state index contributed by atoms with van der Waals surface area (Å²) in [4.78, 5) is 22.6. The fourth-order valence-electron chi connectivity index (χ4n) is 1.28. The van der Waals surface area contributed by atoms with Crippen LogP contribution in [0.1, 0.15) is 54.4 Å². The van der Waals surface area contributed by atoms with E-state index in [2.05, 4.69) is 0 Å². The lowest BCUT2D eigenvalue weighted by Crippen LogP contribution is -2.40. The van der Waals surface area contributed by atoms with Crippen LogP contribution in [0, 0.1) is 0 Å². The first kappa shape index (κ1) is 19.6. The predicted octanol–water partition coefficient (Wildman–Crippen LogP) is 3.27. The van der Waals surface area contributed by atoms with E-state index >= 15 is 0 Å². The summed E-state index contributed by atoms with van der Waals surface area (Å²) < 4.78 is 36.9. The Balaban J connectivity index is 4.15. The third-order valence-electron chi connectivity index (χ3n) is 2.01. The predicted molar refractivity (Wildman–Crippen MR) is 74.3 cm³/mol. The van der Waals surface area contributed by atoms with Gasteiger partial charge < -0.3 is 14.8 Å². The van der Waals surface area contributed by atoms with Crippen LogP contribution >= 0.6 is 0 Å². The topological polar surface area (TPSA) is 64.6 Å². The van der Waals surface area contributed by atoms with Crippen LogP contribution in [-0.4, -0.2) is 35.7 Å². The molecule has 0 aromatic rings. The average molecular weight is 309 g/mol. The molecule has 0 unspecified atom stereocenters. The molecular weight excluding hydrogens is 284 g/mol. The smallest absolute Gasteiger partial charge is 0.407 e. The molecule has 1 N–H and O–H groups in total. The summed E-state index contributed by atoms with van der Waals surface area (Å²) in [5.74, 6) is -3.90. The second-order valence-corrected chi connectivity index (χ2v) is 6.80. The molecule has 0 aliphatic heterocycles. The Labute approximate surface area is 124 Å². The summed E-state index contributed by atoms with van der Waals surface area (Å²) >= 11 is 0. The minimum atomic E-state index is -3.20. The standard InChI is InChI=1S/C14H25F2NO4/c1-12(2,3)20-10(18)7-8-14(15,16)9-17-11(19)21-13(4,5)6/h7-9H2,1-6H3,(H,17,19). The van der Waals surface area contributed by atoms with Gasteiger partial charge in [0.1, 0.15) is 11.2 Å². The molecule has 0 atom stereocenters. The average Bonchev–Trinajstić information content (AvgIpc) is 2.19. The number of alkyl carbamates (subject to hydrolysis) is 1. The van der Waals surface area contributed by atoms with E-state index in [1.54, 1.807) is 41.5 Å². The molecule has 0 aromatic heterocycles. The van der Waals surface area contributed by atoms with Crippen molar-refractivity contribution in [1.29, 1.82) is 0 Å². The molecule has 5 nitrogen and oxygen atoms in total. The van der Waals surface area contributed by atoms with Crippen molar-refractivity contribution in [2.45, 2.75) is 71.5 Å². The van der Waals surface area contributed by atoms with Crippen molar-refractivity contribution in [3.05, 3.63) is 0 Å². The van der Waals surface area contributed by atoms with E-state index < -0.39 is 48.6 Å². The highest BCUT2D eigenvalue weighted by Gasteiger charge is 2.32. The van der Waals surface area contributed by atoms with Crippen LogP contribution in [0.15, 0.2) is 0 Å². The van der Waals surface area contributed by atoms with E-state index in [4.69, 9.17) is 9.47 Å². The minimum Gasteiger partial charge on any atom is -0.460 e. The summed E-state index contributed by atoms with van der Waals surface area (Å²) in [5, 5.41) is 1.99. The maximum atomic E-state index is 13.5. The van der Waals surface area contributed by atoms with E-state index in [-0.39, 0.29) is 0 Å².